The molecule has 3 atom stereocenters. The number of pyridine rings is 1. The van der Waals surface area contributed by atoms with Gasteiger partial charge in [0.15, 0.2) is 11.2 Å². The normalized spacial score (nSPS) is 25.5. The van der Waals surface area contributed by atoms with Gasteiger partial charge in [0.2, 0.25) is 11.8 Å². The Morgan fingerprint density at radius 2 is 1.97 bits per heavy atom. The number of carbonyl (C=O) groups excluding carboxylic acids is 3. The van der Waals surface area contributed by atoms with Crippen molar-refractivity contribution in [3.05, 3.63) is 32.5 Å². The Kier molecular flexibility index (Phi) is 5.15. The average Bonchev–Trinajstić information content (AvgIpc) is 3.19. The highest BCUT2D eigenvalue weighted by Crippen LogP contribution is 2.50. The van der Waals surface area contributed by atoms with Crippen molar-refractivity contribution in [2.75, 3.05) is 11.4 Å². The van der Waals surface area contributed by atoms with Crippen LogP contribution < -0.4 is 15.5 Å². The Bertz CT molecular complexity index is 1260. The minimum Gasteiger partial charge on any atom is -0.504 e. The number of halogens is 1. The molecule has 178 valence electrons. The van der Waals surface area contributed by atoms with Gasteiger partial charge in [0, 0.05) is 24.0 Å². The van der Waals surface area contributed by atoms with Crippen molar-refractivity contribution in [1.29, 1.82) is 5.41 Å². The number of imide groups is 2. The first kappa shape index (κ1) is 22.7. The van der Waals surface area contributed by atoms with Crippen molar-refractivity contribution >= 4 is 52.2 Å². The lowest BCUT2D eigenvalue weighted by Crippen LogP contribution is -2.75. The van der Waals surface area contributed by atoms with Crippen LogP contribution in [0, 0.1) is 17.7 Å². The number of hydrogen-bond acceptors (Lipinski definition) is 10. The largest absolute Gasteiger partial charge is 0.504 e. The molecule has 5 heterocycles. The van der Waals surface area contributed by atoms with E-state index >= 15 is 0 Å². The minimum atomic E-state index is -1.73. The Labute approximate surface area is 203 Å². The first-order valence-electron chi connectivity index (χ1n) is 10.6. The fourth-order valence-electron chi connectivity index (χ4n) is 5.13. The molecule has 34 heavy (non-hydrogen) atoms. The van der Waals surface area contributed by atoms with E-state index in [1.165, 1.54) is 11.3 Å². The lowest BCUT2D eigenvalue weighted by Gasteiger charge is -2.55. The summed E-state index contributed by atoms with van der Waals surface area (Å²) in [5.41, 5.74) is -0.618. The Balaban J connectivity index is 1.72. The summed E-state index contributed by atoms with van der Waals surface area (Å²) in [6.45, 7) is 5.63. The summed E-state index contributed by atoms with van der Waals surface area (Å²) < 4.78 is 5.96. The van der Waals surface area contributed by atoms with Crippen LogP contribution in [0.15, 0.2) is 5.38 Å². The molecule has 4 N–H and O–H groups in total. The number of aryl methyl sites for hydroxylation is 1. The minimum absolute atomic E-state index is 0.0353. The summed E-state index contributed by atoms with van der Waals surface area (Å²) >= 11 is 7.87. The number of urea groups is 1. The van der Waals surface area contributed by atoms with Gasteiger partial charge in [0.1, 0.15) is 21.4 Å². The molecule has 3 aliphatic heterocycles. The standard InChI is InChI=1S/C21H21ClN6O5S/c1-7-6-34-17(24-7)12(23)13-15(29)11(22)14-10(25-13)4-21(18(30)26-20(32)27-19(21)31)16-9(3)33-8(2)5-28(14)16/h6,8-9,16,23,29H,4-5H2,1-3H3,(H2,26,27,30,31,32). The van der Waals surface area contributed by atoms with Gasteiger partial charge < -0.3 is 14.7 Å². The van der Waals surface area contributed by atoms with Crippen LogP contribution in [-0.4, -0.2) is 63.4 Å². The second-order valence-electron chi connectivity index (χ2n) is 8.72. The Morgan fingerprint density at radius 1 is 1.29 bits per heavy atom. The van der Waals surface area contributed by atoms with Gasteiger partial charge in [-0.2, -0.15) is 0 Å². The molecule has 0 aliphatic carbocycles. The van der Waals surface area contributed by atoms with E-state index in [1.807, 2.05) is 6.92 Å². The fraction of sp³-hybridized carbons (Fsp3) is 0.429. The van der Waals surface area contributed by atoms with Crippen LogP contribution in [0.4, 0.5) is 10.5 Å². The van der Waals surface area contributed by atoms with E-state index < -0.39 is 35.4 Å². The number of aromatic hydroxyl groups is 1. The molecule has 0 aromatic carbocycles. The number of ether oxygens (including phenoxy) is 1. The van der Waals surface area contributed by atoms with Gasteiger partial charge in [-0.05, 0) is 20.8 Å². The number of hydrogen-bond donors (Lipinski definition) is 4. The molecule has 0 radical (unpaired) electrons. The van der Waals surface area contributed by atoms with Crippen LogP contribution >= 0.6 is 22.9 Å². The van der Waals surface area contributed by atoms with Gasteiger partial charge in [-0.3, -0.25) is 25.6 Å². The zero-order valence-electron chi connectivity index (χ0n) is 18.4. The number of amides is 4. The molecule has 1 spiro atoms. The second-order valence-corrected chi connectivity index (χ2v) is 9.96. The van der Waals surface area contributed by atoms with Gasteiger partial charge in [-0.1, -0.05) is 11.6 Å². The molecule has 2 aromatic rings. The highest BCUT2D eigenvalue weighted by Gasteiger charge is 2.63. The summed E-state index contributed by atoms with van der Waals surface area (Å²) in [4.78, 5) is 48.9. The third kappa shape index (κ3) is 3.12. The maximum Gasteiger partial charge on any atom is 0.328 e. The smallest absolute Gasteiger partial charge is 0.328 e. The van der Waals surface area contributed by atoms with Crippen LogP contribution in [0.5, 0.6) is 5.75 Å². The van der Waals surface area contributed by atoms with Gasteiger partial charge in [0.05, 0.1) is 29.6 Å². The van der Waals surface area contributed by atoms with E-state index in [4.69, 9.17) is 21.7 Å². The van der Waals surface area contributed by atoms with Crippen molar-refractivity contribution < 1.29 is 24.2 Å². The number of thiazole rings is 1. The number of aromatic nitrogens is 2. The topological polar surface area (TPSA) is 158 Å². The lowest BCUT2D eigenvalue weighted by atomic mass is 9.67. The van der Waals surface area contributed by atoms with Crippen LogP contribution in [0.1, 0.15) is 35.9 Å². The van der Waals surface area contributed by atoms with Crippen molar-refractivity contribution in [2.24, 2.45) is 5.41 Å². The quantitative estimate of drug-likeness (QED) is 0.354. The molecule has 13 heteroatoms. The predicted octanol–water partition coefficient (Wildman–Crippen LogP) is 1.51. The SMILES string of the molecule is Cc1csc(C(=N)c2nc3c(c(Cl)c2O)N2CC(C)OC(C)C2C2(C3)C(=O)NC(=O)NC2=O)n1. The first-order valence-corrected chi connectivity index (χ1v) is 11.8. The first-order chi connectivity index (χ1) is 16.0. The van der Waals surface area contributed by atoms with E-state index in [9.17, 15) is 19.5 Å². The molecule has 2 saturated heterocycles. The number of morpholine rings is 1. The summed E-state index contributed by atoms with van der Waals surface area (Å²) in [7, 11) is 0. The molecule has 3 aliphatic rings. The Hall–Kier alpha value is -3.09. The van der Waals surface area contributed by atoms with Crippen LogP contribution in [0.3, 0.4) is 0 Å². The number of carbonyl (C=O) groups is 3. The third-order valence-electron chi connectivity index (χ3n) is 6.41. The molecule has 0 bridgehead atoms. The average molecular weight is 505 g/mol. The number of nitrogens with one attached hydrogen (secondary N) is 3. The zero-order chi connectivity index (χ0) is 24.5. The maximum atomic E-state index is 13.2. The number of barbiturate groups is 1. The number of nitrogens with zero attached hydrogens (tertiary/aromatic N) is 3. The number of anilines is 1. The second kappa shape index (κ2) is 7.72. The highest BCUT2D eigenvalue weighted by molar-refractivity contribution is 7.12. The molecule has 2 aromatic heterocycles. The molecule has 5 rings (SSSR count). The van der Waals surface area contributed by atoms with Gasteiger partial charge in [-0.15, -0.1) is 11.3 Å². The van der Waals surface area contributed by atoms with Gasteiger partial charge in [-0.25, -0.2) is 14.8 Å². The van der Waals surface area contributed by atoms with Crippen LogP contribution in [0.2, 0.25) is 5.02 Å². The van der Waals surface area contributed by atoms with E-state index in [-0.39, 0.29) is 46.9 Å². The third-order valence-corrected chi connectivity index (χ3v) is 7.75. The fourth-order valence-corrected chi connectivity index (χ4v) is 6.18. The van der Waals surface area contributed by atoms with Crippen molar-refractivity contribution in [3.8, 4) is 5.75 Å². The van der Waals surface area contributed by atoms with Crippen molar-refractivity contribution in [2.45, 2.75) is 45.4 Å². The molecule has 3 unspecified atom stereocenters. The monoisotopic (exact) mass is 504 g/mol. The summed E-state index contributed by atoms with van der Waals surface area (Å²) in [6.07, 6.45) is -1.07. The number of rotatable bonds is 2. The van der Waals surface area contributed by atoms with Crippen LogP contribution in [0.25, 0.3) is 0 Å². The van der Waals surface area contributed by atoms with E-state index in [0.29, 0.717) is 16.4 Å². The van der Waals surface area contributed by atoms with E-state index in [1.54, 1.807) is 24.1 Å². The number of fused-ring (bicyclic) bond motifs is 4. The molecule has 0 saturated carbocycles. The molecule has 2 fully saturated rings. The van der Waals surface area contributed by atoms with E-state index in [0.717, 1.165) is 0 Å². The highest BCUT2D eigenvalue weighted by atomic mass is 35.5. The van der Waals surface area contributed by atoms with Crippen molar-refractivity contribution in [3.63, 3.8) is 0 Å². The molecule has 11 nitrogen and oxygen atoms in total. The lowest BCUT2D eigenvalue weighted by molar-refractivity contribution is -0.153. The summed E-state index contributed by atoms with van der Waals surface area (Å²) in [6, 6.07) is -1.70. The Morgan fingerprint density at radius 3 is 2.59 bits per heavy atom. The molecular formula is C21H21ClN6O5S. The van der Waals surface area contributed by atoms with Crippen LogP contribution in [-0.2, 0) is 20.7 Å². The summed E-state index contributed by atoms with van der Waals surface area (Å²) in [5.74, 6) is -1.90. The van der Waals surface area contributed by atoms with Gasteiger partial charge in [0.25, 0.3) is 0 Å². The van der Waals surface area contributed by atoms with Gasteiger partial charge >= 0.3 is 6.03 Å². The molecular weight excluding hydrogens is 484 g/mol. The predicted molar refractivity (Wildman–Crippen MR) is 123 cm³/mol. The summed E-state index contributed by atoms with van der Waals surface area (Å²) in [5, 5.41) is 26.0. The molecule has 4 amide bonds. The zero-order valence-corrected chi connectivity index (χ0v) is 20.0. The maximum absolute atomic E-state index is 13.2. The van der Waals surface area contributed by atoms with Crippen molar-refractivity contribution in [1.82, 2.24) is 20.6 Å². The van der Waals surface area contributed by atoms with E-state index in [2.05, 4.69) is 20.6 Å².